The summed E-state index contributed by atoms with van der Waals surface area (Å²) in [7, 11) is 1.37. The van der Waals surface area contributed by atoms with E-state index in [4.69, 9.17) is 4.74 Å². The molecule has 0 fully saturated rings. The van der Waals surface area contributed by atoms with Gasteiger partial charge in [0.2, 0.25) is 0 Å². The predicted molar refractivity (Wildman–Crippen MR) is 88.2 cm³/mol. The zero-order chi connectivity index (χ0) is 15.9. The van der Waals surface area contributed by atoms with E-state index in [0.29, 0.717) is 6.42 Å². The number of unbranched alkanes of at least 4 members (excludes halogenated alkanes) is 8. The Bertz CT molecular complexity index is 274. The molecule has 3 heteroatoms. The summed E-state index contributed by atoms with van der Waals surface area (Å²) < 4.78 is 4.73. The lowest BCUT2D eigenvalue weighted by molar-refractivity contribution is -0.147. The third kappa shape index (κ3) is 10.5. The number of hydrogen-bond acceptors (Lipinski definition) is 3. The van der Waals surface area contributed by atoms with Crippen LogP contribution in [0.5, 0.6) is 0 Å². The van der Waals surface area contributed by atoms with Crippen molar-refractivity contribution in [2.75, 3.05) is 7.11 Å². The van der Waals surface area contributed by atoms with Crippen molar-refractivity contribution in [3.63, 3.8) is 0 Å². The van der Waals surface area contributed by atoms with Crippen molar-refractivity contribution >= 4 is 5.97 Å². The van der Waals surface area contributed by atoms with Gasteiger partial charge < -0.3 is 9.84 Å². The van der Waals surface area contributed by atoms with E-state index in [1.165, 1.54) is 52.1 Å². The van der Waals surface area contributed by atoms with Gasteiger partial charge in [0.05, 0.1) is 13.2 Å². The van der Waals surface area contributed by atoms with E-state index in [2.05, 4.69) is 6.92 Å². The quantitative estimate of drug-likeness (QED) is 0.306. The molecule has 0 aromatic heterocycles. The lowest BCUT2D eigenvalue weighted by atomic mass is 9.96. The first-order valence-electron chi connectivity index (χ1n) is 8.56. The topological polar surface area (TPSA) is 46.5 Å². The molecule has 0 unspecified atom stereocenters. The summed E-state index contributed by atoms with van der Waals surface area (Å²) in [5, 5.41) is 10.1. The molecule has 0 aliphatic rings. The van der Waals surface area contributed by atoms with E-state index in [1.807, 2.05) is 6.92 Å². The van der Waals surface area contributed by atoms with Crippen LogP contribution in [0.4, 0.5) is 0 Å². The van der Waals surface area contributed by atoms with E-state index in [-0.39, 0.29) is 5.97 Å². The van der Waals surface area contributed by atoms with Crippen LogP contribution in [-0.2, 0) is 9.53 Å². The number of aliphatic hydroxyl groups excluding tert-OH is 1. The molecule has 124 valence electrons. The molecular formula is C18H34O3. The van der Waals surface area contributed by atoms with Gasteiger partial charge in [0.1, 0.15) is 5.92 Å². The average Bonchev–Trinajstić information content (AvgIpc) is 2.50. The van der Waals surface area contributed by atoms with Crippen molar-refractivity contribution in [3.8, 4) is 0 Å². The van der Waals surface area contributed by atoms with Crippen molar-refractivity contribution in [2.24, 2.45) is 5.92 Å². The molecule has 2 atom stereocenters. The summed E-state index contributed by atoms with van der Waals surface area (Å²) in [5.74, 6) is -0.870. The van der Waals surface area contributed by atoms with Crippen molar-refractivity contribution in [1.29, 1.82) is 0 Å². The lowest BCUT2D eigenvalue weighted by Gasteiger charge is -2.17. The highest BCUT2D eigenvalue weighted by Crippen LogP contribution is 2.16. The fraction of sp³-hybridized carbons (Fsp3) is 0.833. The molecule has 0 spiro atoms. The first-order valence-corrected chi connectivity index (χ1v) is 8.56. The Morgan fingerprint density at radius 2 is 1.57 bits per heavy atom. The average molecular weight is 298 g/mol. The second-order valence-corrected chi connectivity index (χ2v) is 5.76. The molecule has 0 radical (unpaired) electrons. The molecule has 0 aromatic rings. The molecule has 0 amide bonds. The molecular weight excluding hydrogens is 264 g/mol. The van der Waals surface area contributed by atoms with Crippen LogP contribution in [-0.4, -0.2) is 24.3 Å². The molecule has 0 heterocycles. The first kappa shape index (κ1) is 20.2. The molecule has 3 nitrogen and oxygen atoms in total. The number of rotatable bonds is 13. The maximum Gasteiger partial charge on any atom is 0.315 e. The SMILES string of the molecule is C/C=C\[C@H](C(=O)OC)[C@H](O)CCCCCCCCCCC. The zero-order valence-corrected chi connectivity index (χ0v) is 14.1. The monoisotopic (exact) mass is 298 g/mol. The molecule has 21 heavy (non-hydrogen) atoms. The minimum Gasteiger partial charge on any atom is -0.468 e. The Kier molecular flexibility index (Phi) is 13.6. The van der Waals surface area contributed by atoms with Gasteiger partial charge >= 0.3 is 5.97 Å². The number of aliphatic hydroxyl groups is 1. The predicted octanol–water partition coefficient (Wildman–Crippen LogP) is 4.63. The molecule has 0 aromatic carbocycles. The molecule has 0 bridgehead atoms. The van der Waals surface area contributed by atoms with Gasteiger partial charge in [-0.05, 0) is 13.3 Å². The molecule has 0 aliphatic carbocycles. The van der Waals surface area contributed by atoms with E-state index in [1.54, 1.807) is 12.2 Å². The van der Waals surface area contributed by atoms with Gasteiger partial charge in [-0.1, -0.05) is 76.9 Å². The molecule has 1 N–H and O–H groups in total. The summed E-state index contributed by atoms with van der Waals surface area (Å²) >= 11 is 0. The summed E-state index contributed by atoms with van der Waals surface area (Å²) in [6.07, 6.45) is 14.9. The number of carbonyl (C=O) groups is 1. The van der Waals surface area contributed by atoms with Crippen LogP contribution in [0.15, 0.2) is 12.2 Å². The van der Waals surface area contributed by atoms with Crippen LogP contribution < -0.4 is 0 Å². The normalized spacial score (nSPS) is 14.3. The summed E-state index contributed by atoms with van der Waals surface area (Å²) in [5.41, 5.74) is 0. The van der Waals surface area contributed by atoms with E-state index in [9.17, 15) is 9.90 Å². The van der Waals surface area contributed by atoms with Crippen LogP contribution in [0.25, 0.3) is 0 Å². The fourth-order valence-electron chi connectivity index (χ4n) is 2.55. The zero-order valence-electron chi connectivity index (χ0n) is 14.1. The minimum atomic E-state index is -0.627. The van der Waals surface area contributed by atoms with Crippen LogP contribution >= 0.6 is 0 Å². The molecule has 0 aliphatic heterocycles. The standard InChI is InChI=1S/C18H34O3/c1-4-6-7-8-9-10-11-12-13-15-17(19)16(14-5-2)18(20)21-3/h5,14,16-17,19H,4,6-13,15H2,1-3H3/b14-5-/t16-,17+/m0/s1. The third-order valence-electron chi connectivity index (χ3n) is 3.89. The maximum atomic E-state index is 11.6. The Balaban J connectivity index is 3.68. The van der Waals surface area contributed by atoms with Gasteiger partial charge in [-0.2, -0.15) is 0 Å². The second kappa shape index (κ2) is 14.1. The number of esters is 1. The lowest BCUT2D eigenvalue weighted by Crippen LogP contribution is -2.27. The van der Waals surface area contributed by atoms with Crippen LogP contribution in [0.3, 0.4) is 0 Å². The van der Waals surface area contributed by atoms with Gasteiger partial charge in [-0.25, -0.2) is 0 Å². The second-order valence-electron chi connectivity index (χ2n) is 5.76. The van der Waals surface area contributed by atoms with Crippen molar-refractivity contribution < 1.29 is 14.6 Å². The highest BCUT2D eigenvalue weighted by atomic mass is 16.5. The molecule has 0 saturated carbocycles. The maximum absolute atomic E-state index is 11.6. The van der Waals surface area contributed by atoms with Crippen molar-refractivity contribution in [3.05, 3.63) is 12.2 Å². The Morgan fingerprint density at radius 1 is 1.05 bits per heavy atom. The van der Waals surface area contributed by atoms with Crippen molar-refractivity contribution in [1.82, 2.24) is 0 Å². The summed E-state index contributed by atoms with van der Waals surface area (Å²) in [4.78, 5) is 11.6. The molecule has 0 rings (SSSR count). The van der Waals surface area contributed by atoms with E-state index < -0.39 is 12.0 Å². The first-order chi connectivity index (χ1) is 10.2. The van der Waals surface area contributed by atoms with Crippen molar-refractivity contribution in [2.45, 2.75) is 84.2 Å². The summed E-state index contributed by atoms with van der Waals surface area (Å²) in [6.45, 7) is 4.09. The third-order valence-corrected chi connectivity index (χ3v) is 3.89. The van der Waals surface area contributed by atoms with Gasteiger partial charge in [-0.3, -0.25) is 4.79 Å². The van der Waals surface area contributed by atoms with E-state index >= 15 is 0 Å². The van der Waals surface area contributed by atoms with E-state index in [0.717, 1.165) is 12.8 Å². The number of hydrogen-bond donors (Lipinski definition) is 1. The van der Waals surface area contributed by atoms with Crippen LogP contribution in [0, 0.1) is 5.92 Å². The van der Waals surface area contributed by atoms with Gasteiger partial charge in [0.15, 0.2) is 0 Å². The highest BCUT2D eigenvalue weighted by molar-refractivity contribution is 5.74. The van der Waals surface area contributed by atoms with Gasteiger partial charge in [-0.15, -0.1) is 0 Å². The largest absolute Gasteiger partial charge is 0.468 e. The fourth-order valence-corrected chi connectivity index (χ4v) is 2.55. The van der Waals surface area contributed by atoms with Crippen LogP contribution in [0.1, 0.15) is 78.1 Å². The van der Waals surface area contributed by atoms with Crippen LogP contribution in [0.2, 0.25) is 0 Å². The van der Waals surface area contributed by atoms with Gasteiger partial charge in [0, 0.05) is 0 Å². The minimum absolute atomic E-state index is 0.350. The Labute approximate surface area is 130 Å². The number of carbonyl (C=O) groups excluding carboxylic acids is 1. The van der Waals surface area contributed by atoms with Gasteiger partial charge in [0.25, 0.3) is 0 Å². The number of methoxy groups -OCH3 is 1. The Morgan fingerprint density at radius 3 is 2.05 bits per heavy atom. The highest BCUT2D eigenvalue weighted by Gasteiger charge is 2.24. The molecule has 0 saturated heterocycles. The smallest absolute Gasteiger partial charge is 0.315 e. The number of ether oxygens (including phenoxy) is 1. The summed E-state index contributed by atoms with van der Waals surface area (Å²) in [6, 6.07) is 0. The Hall–Kier alpha value is -0.830. The number of allylic oxidation sites excluding steroid dienone is 1.